The number of rotatable bonds is 5. The summed E-state index contributed by atoms with van der Waals surface area (Å²) in [5.41, 5.74) is 1.24. The maximum absolute atomic E-state index is 12.0. The molecule has 1 fully saturated rings. The van der Waals surface area contributed by atoms with E-state index in [2.05, 4.69) is 18.0 Å². The minimum absolute atomic E-state index is 0.267. The van der Waals surface area contributed by atoms with E-state index in [1.165, 1.54) is 31.4 Å². The van der Waals surface area contributed by atoms with E-state index < -0.39 is 0 Å². The molecule has 0 bridgehead atoms. The standard InChI is InChI=1S/C18H28N2O2/c1-4-20(5-2)18(21)22-17-11-8-9-15(14-17)13-16-10-6-7-12-19(16)3/h8-9,11,14,16H,4-7,10,12-13H2,1-3H3. The molecule has 1 aromatic rings. The molecule has 0 aromatic heterocycles. The van der Waals surface area contributed by atoms with Crippen LogP contribution in [0.15, 0.2) is 24.3 Å². The molecule has 1 aliphatic heterocycles. The number of amides is 1. The molecule has 4 heteroatoms. The van der Waals surface area contributed by atoms with Gasteiger partial charge in [0, 0.05) is 19.1 Å². The van der Waals surface area contributed by atoms with Gasteiger partial charge in [-0.15, -0.1) is 0 Å². The molecule has 1 amide bonds. The molecule has 2 rings (SSSR count). The molecule has 1 unspecified atom stereocenters. The summed E-state index contributed by atoms with van der Waals surface area (Å²) < 4.78 is 5.49. The summed E-state index contributed by atoms with van der Waals surface area (Å²) in [6, 6.07) is 8.56. The quantitative estimate of drug-likeness (QED) is 0.834. The second-order valence-corrected chi connectivity index (χ2v) is 6.02. The van der Waals surface area contributed by atoms with Gasteiger partial charge < -0.3 is 14.5 Å². The molecule has 0 radical (unpaired) electrons. The number of likely N-dealkylation sites (N-methyl/N-ethyl adjacent to an activating group) is 1. The molecule has 1 atom stereocenters. The summed E-state index contributed by atoms with van der Waals surface area (Å²) in [7, 11) is 2.20. The Hall–Kier alpha value is -1.55. The Bertz CT molecular complexity index is 486. The molecule has 4 nitrogen and oxygen atoms in total. The van der Waals surface area contributed by atoms with Gasteiger partial charge in [-0.2, -0.15) is 0 Å². The fourth-order valence-electron chi connectivity index (χ4n) is 3.06. The third-order valence-corrected chi connectivity index (χ3v) is 4.52. The van der Waals surface area contributed by atoms with Gasteiger partial charge in [-0.1, -0.05) is 18.6 Å². The van der Waals surface area contributed by atoms with Gasteiger partial charge in [0.1, 0.15) is 5.75 Å². The first-order chi connectivity index (χ1) is 10.6. The van der Waals surface area contributed by atoms with Crippen molar-refractivity contribution in [2.75, 3.05) is 26.7 Å². The molecule has 1 aliphatic rings. The fraction of sp³-hybridized carbons (Fsp3) is 0.611. The topological polar surface area (TPSA) is 32.8 Å². The summed E-state index contributed by atoms with van der Waals surface area (Å²) in [6.07, 6.45) is 4.62. The van der Waals surface area contributed by atoms with Crippen molar-refractivity contribution in [2.45, 2.75) is 45.6 Å². The Morgan fingerprint density at radius 1 is 1.32 bits per heavy atom. The summed E-state index contributed by atoms with van der Waals surface area (Å²) in [5.74, 6) is 0.646. The number of ether oxygens (including phenoxy) is 1. The zero-order chi connectivity index (χ0) is 15.9. The van der Waals surface area contributed by atoms with Crippen molar-refractivity contribution < 1.29 is 9.53 Å². The maximum atomic E-state index is 12.0. The van der Waals surface area contributed by atoms with Gasteiger partial charge in [0.05, 0.1) is 0 Å². The Balaban J connectivity index is 1.99. The number of hydrogen-bond acceptors (Lipinski definition) is 3. The number of nitrogens with zero attached hydrogens (tertiary/aromatic N) is 2. The smallest absolute Gasteiger partial charge is 0.410 e. The molecule has 1 heterocycles. The van der Waals surface area contributed by atoms with Crippen molar-refractivity contribution in [3.05, 3.63) is 29.8 Å². The molecule has 0 spiro atoms. The van der Waals surface area contributed by atoms with E-state index in [0.717, 1.165) is 6.42 Å². The van der Waals surface area contributed by atoms with E-state index in [0.29, 0.717) is 24.9 Å². The lowest BCUT2D eigenvalue weighted by atomic mass is 9.96. The van der Waals surface area contributed by atoms with Crippen molar-refractivity contribution in [1.82, 2.24) is 9.80 Å². The Kier molecular flexibility index (Phi) is 6.25. The Morgan fingerprint density at radius 2 is 2.09 bits per heavy atom. The zero-order valence-electron chi connectivity index (χ0n) is 14.0. The van der Waals surface area contributed by atoms with E-state index in [-0.39, 0.29) is 6.09 Å². The first-order valence-corrected chi connectivity index (χ1v) is 8.40. The van der Waals surface area contributed by atoms with E-state index in [9.17, 15) is 4.79 Å². The highest BCUT2D eigenvalue weighted by Gasteiger charge is 2.19. The lowest BCUT2D eigenvalue weighted by molar-refractivity contribution is 0.157. The number of hydrogen-bond donors (Lipinski definition) is 0. The van der Waals surface area contributed by atoms with Crippen LogP contribution in [0.3, 0.4) is 0 Å². The minimum atomic E-state index is -0.267. The van der Waals surface area contributed by atoms with Crippen LogP contribution in [0, 0.1) is 0 Å². The van der Waals surface area contributed by atoms with Crippen LogP contribution in [-0.2, 0) is 6.42 Å². The number of carbonyl (C=O) groups excluding carboxylic acids is 1. The lowest BCUT2D eigenvalue weighted by Gasteiger charge is -2.32. The maximum Gasteiger partial charge on any atom is 0.415 e. The van der Waals surface area contributed by atoms with Crippen LogP contribution in [0.25, 0.3) is 0 Å². The normalized spacial score (nSPS) is 19.0. The van der Waals surface area contributed by atoms with E-state index >= 15 is 0 Å². The highest BCUT2D eigenvalue weighted by molar-refractivity contribution is 5.70. The Labute approximate surface area is 134 Å². The number of likely N-dealkylation sites (tertiary alicyclic amines) is 1. The zero-order valence-corrected chi connectivity index (χ0v) is 14.0. The van der Waals surface area contributed by atoms with Gasteiger partial charge in [-0.3, -0.25) is 0 Å². The molecular weight excluding hydrogens is 276 g/mol. The SMILES string of the molecule is CCN(CC)C(=O)Oc1cccc(CC2CCCCN2C)c1. The van der Waals surface area contributed by atoms with Gasteiger partial charge in [-0.25, -0.2) is 4.79 Å². The van der Waals surface area contributed by atoms with Crippen LogP contribution in [0.2, 0.25) is 0 Å². The number of carbonyl (C=O) groups is 1. The minimum Gasteiger partial charge on any atom is -0.410 e. The lowest BCUT2D eigenvalue weighted by Crippen LogP contribution is -2.37. The second-order valence-electron chi connectivity index (χ2n) is 6.02. The van der Waals surface area contributed by atoms with Crippen LogP contribution < -0.4 is 4.74 Å². The van der Waals surface area contributed by atoms with Crippen molar-refractivity contribution in [2.24, 2.45) is 0 Å². The first kappa shape index (κ1) is 16.8. The van der Waals surface area contributed by atoms with Crippen molar-refractivity contribution in [3.8, 4) is 5.75 Å². The number of piperidine rings is 1. The van der Waals surface area contributed by atoms with Crippen LogP contribution in [-0.4, -0.2) is 48.6 Å². The van der Waals surface area contributed by atoms with E-state index in [4.69, 9.17) is 4.74 Å². The predicted molar refractivity (Wildman–Crippen MR) is 89.4 cm³/mol. The molecule has 1 aromatic carbocycles. The summed E-state index contributed by atoms with van der Waals surface area (Å²) in [5, 5.41) is 0. The first-order valence-electron chi connectivity index (χ1n) is 8.40. The summed E-state index contributed by atoms with van der Waals surface area (Å²) in [4.78, 5) is 16.1. The van der Waals surface area contributed by atoms with Crippen molar-refractivity contribution in [3.63, 3.8) is 0 Å². The van der Waals surface area contributed by atoms with Crippen LogP contribution in [0.4, 0.5) is 4.79 Å². The third-order valence-electron chi connectivity index (χ3n) is 4.52. The molecule has 122 valence electrons. The largest absolute Gasteiger partial charge is 0.415 e. The molecule has 0 aliphatic carbocycles. The Morgan fingerprint density at radius 3 is 2.77 bits per heavy atom. The second kappa shape index (κ2) is 8.18. The summed E-state index contributed by atoms with van der Waals surface area (Å²) in [6.45, 7) is 6.44. The van der Waals surface area contributed by atoms with E-state index in [1.807, 2.05) is 32.0 Å². The summed E-state index contributed by atoms with van der Waals surface area (Å²) >= 11 is 0. The average Bonchev–Trinajstić information content (AvgIpc) is 2.51. The highest BCUT2D eigenvalue weighted by atomic mass is 16.6. The number of benzene rings is 1. The monoisotopic (exact) mass is 304 g/mol. The molecule has 1 saturated heterocycles. The van der Waals surface area contributed by atoms with Crippen molar-refractivity contribution in [1.29, 1.82) is 0 Å². The highest BCUT2D eigenvalue weighted by Crippen LogP contribution is 2.21. The third kappa shape index (κ3) is 4.47. The van der Waals surface area contributed by atoms with Crippen LogP contribution in [0.5, 0.6) is 5.75 Å². The van der Waals surface area contributed by atoms with Gasteiger partial charge in [-0.05, 0) is 64.4 Å². The van der Waals surface area contributed by atoms with E-state index in [1.54, 1.807) is 4.90 Å². The van der Waals surface area contributed by atoms with Gasteiger partial charge in [0.15, 0.2) is 0 Å². The van der Waals surface area contributed by atoms with Gasteiger partial charge >= 0.3 is 6.09 Å². The predicted octanol–water partition coefficient (Wildman–Crippen LogP) is 3.55. The molecule has 0 N–H and O–H groups in total. The molecule has 22 heavy (non-hydrogen) atoms. The van der Waals surface area contributed by atoms with Crippen LogP contribution in [0.1, 0.15) is 38.7 Å². The van der Waals surface area contributed by atoms with Gasteiger partial charge in [0.2, 0.25) is 0 Å². The van der Waals surface area contributed by atoms with Gasteiger partial charge in [0.25, 0.3) is 0 Å². The van der Waals surface area contributed by atoms with Crippen LogP contribution >= 0.6 is 0 Å². The average molecular weight is 304 g/mol. The molecular formula is C18H28N2O2. The fourth-order valence-corrected chi connectivity index (χ4v) is 3.06. The van der Waals surface area contributed by atoms with Crippen molar-refractivity contribution >= 4 is 6.09 Å². The molecule has 0 saturated carbocycles.